The smallest absolute Gasteiger partial charge is 0.164 e. The molecule has 0 aliphatic carbocycles. The highest BCUT2D eigenvalue weighted by atomic mass is 15.0. The molecule has 0 unspecified atom stereocenters. The van der Waals surface area contributed by atoms with Crippen LogP contribution in [0.4, 0.5) is 0 Å². The molecule has 0 N–H and O–H groups in total. The number of hydrogen-bond donors (Lipinski definition) is 0. The molecule has 0 aliphatic rings. The largest absolute Gasteiger partial charge is 0.309 e. The second-order valence-electron chi connectivity index (χ2n) is 11.0. The maximum Gasteiger partial charge on any atom is 0.164 e. The second-order valence-corrected chi connectivity index (χ2v) is 11.0. The van der Waals surface area contributed by atoms with Crippen LogP contribution >= 0.6 is 0 Å². The molecule has 0 bridgehead atoms. The molecule has 0 saturated heterocycles. The molecule has 2 heterocycles. The van der Waals surface area contributed by atoms with Gasteiger partial charge in [-0.2, -0.15) is 0 Å². The van der Waals surface area contributed by atoms with Crippen LogP contribution in [0.3, 0.4) is 0 Å². The van der Waals surface area contributed by atoms with Gasteiger partial charge in [-0.25, -0.2) is 15.0 Å². The third-order valence-electron chi connectivity index (χ3n) is 8.20. The van der Waals surface area contributed by atoms with E-state index in [1.807, 2.05) is 60.7 Å². The lowest BCUT2D eigenvalue weighted by Gasteiger charge is -2.11. The van der Waals surface area contributed by atoms with E-state index in [1.54, 1.807) is 0 Å². The van der Waals surface area contributed by atoms with Gasteiger partial charge >= 0.3 is 0 Å². The molecule has 44 heavy (non-hydrogen) atoms. The number of aromatic nitrogens is 4. The summed E-state index contributed by atoms with van der Waals surface area (Å²) < 4.78 is 2.38. The van der Waals surface area contributed by atoms with E-state index in [2.05, 4.69) is 102 Å². The fourth-order valence-corrected chi connectivity index (χ4v) is 5.98. The first-order valence-electron chi connectivity index (χ1n) is 14.8. The molecule has 4 heteroatoms. The minimum absolute atomic E-state index is 0.654. The maximum absolute atomic E-state index is 4.89. The van der Waals surface area contributed by atoms with Crippen molar-refractivity contribution in [3.8, 4) is 51.0 Å². The van der Waals surface area contributed by atoms with E-state index in [4.69, 9.17) is 15.0 Å². The lowest BCUT2D eigenvalue weighted by atomic mass is 10.0. The topological polar surface area (TPSA) is 43.6 Å². The quantitative estimate of drug-likeness (QED) is 0.209. The van der Waals surface area contributed by atoms with Crippen molar-refractivity contribution in [3.63, 3.8) is 0 Å². The zero-order valence-corrected chi connectivity index (χ0v) is 24.2. The zero-order chi connectivity index (χ0) is 29.5. The van der Waals surface area contributed by atoms with Crippen LogP contribution in [0.1, 0.15) is 5.56 Å². The summed E-state index contributed by atoms with van der Waals surface area (Å²) in [4.78, 5) is 14.6. The fourth-order valence-electron chi connectivity index (χ4n) is 5.98. The average molecular weight is 565 g/mol. The fraction of sp³-hybridized carbons (Fsp3) is 0.0250. The molecule has 8 rings (SSSR count). The van der Waals surface area contributed by atoms with Crippen molar-refractivity contribution in [1.29, 1.82) is 0 Å². The predicted molar refractivity (Wildman–Crippen MR) is 181 cm³/mol. The number of nitrogens with zero attached hydrogens (tertiary/aromatic N) is 4. The first kappa shape index (κ1) is 25.8. The summed E-state index contributed by atoms with van der Waals surface area (Å²) >= 11 is 0. The third kappa shape index (κ3) is 4.54. The molecule has 0 spiro atoms. The third-order valence-corrected chi connectivity index (χ3v) is 8.20. The van der Waals surface area contributed by atoms with E-state index in [0.29, 0.717) is 17.5 Å². The van der Waals surface area contributed by atoms with Gasteiger partial charge in [0.25, 0.3) is 0 Å². The van der Waals surface area contributed by atoms with Crippen molar-refractivity contribution in [1.82, 2.24) is 19.5 Å². The van der Waals surface area contributed by atoms with Gasteiger partial charge < -0.3 is 4.57 Å². The van der Waals surface area contributed by atoms with Gasteiger partial charge in [-0.1, -0.05) is 127 Å². The molecule has 0 radical (unpaired) electrons. The SMILES string of the molecule is Cc1ccccc1-n1c2ccccc2c2cc(-c3ccc(-c4nc(-c5ccccc5)nc(-c5ccccc5)n4)cc3)ccc21. The standard InChI is InChI=1S/C40H28N4/c1-27-12-8-10-18-35(27)44-36-19-11-9-17-33(36)34-26-32(24-25-37(34)44)28-20-22-31(23-21-28)40-42-38(29-13-4-2-5-14-29)41-39(43-40)30-15-6-3-7-16-30/h2-26H,1H3. The Morgan fingerprint density at radius 1 is 0.386 bits per heavy atom. The summed E-state index contributed by atoms with van der Waals surface area (Å²) in [6.07, 6.45) is 0. The Kier molecular flexibility index (Phi) is 6.31. The average Bonchev–Trinajstić information content (AvgIpc) is 3.43. The molecule has 0 atom stereocenters. The van der Waals surface area contributed by atoms with Gasteiger partial charge in [-0.05, 0) is 47.9 Å². The molecular formula is C40H28N4. The van der Waals surface area contributed by atoms with Gasteiger partial charge in [0.1, 0.15) is 0 Å². The number of aryl methyl sites for hydroxylation is 1. The first-order valence-corrected chi connectivity index (χ1v) is 14.8. The zero-order valence-electron chi connectivity index (χ0n) is 24.2. The highest BCUT2D eigenvalue weighted by Crippen LogP contribution is 2.36. The Hall–Kier alpha value is -5.87. The summed E-state index contributed by atoms with van der Waals surface area (Å²) in [5.41, 5.74) is 10.0. The highest BCUT2D eigenvalue weighted by Gasteiger charge is 2.15. The van der Waals surface area contributed by atoms with Crippen LogP contribution in [-0.4, -0.2) is 19.5 Å². The number of benzene rings is 6. The number of fused-ring (bicyclic) bond motifs is 3. The molecule has 4 nitrogen and oxygen atoms in total. The van der Waals surface area contributed by atoms with Crippen LogP contribution in [0, 0.1) is 6.92 Å². The monoisotopic (exact) mass is 564 g/mol. The van der Waals surface area contributed by atoms with Crippen molar-refractivity contribution in [2.45, 2.75) is 6.92 Å². The van der Waals surface area contributed by atoms with Crippen molar-refractivity contribution in [2.75, 3.05) is 0 Å². The van der Waals surface area contributed by atoms with E-state index in [0.717, 1.165) is 22.3 Å². The molecule has 208 valence electrons. The van der Waals surface area contributed by atoms with Gasteiger partial charge in [-0.15, -0.1) is 0 Å². The van der Waals surface area contributed by atoms with Crippen LogP contribution in [0.5, 0.6) is 0 Å². The molecule has 0 fully saturated rings. The van der Waals surface area contributed by atoms with E-state index in [-0.39, 0.29) is 0 Å². The van der Waals surface area contributed by atoms with Gasteiger partial charge in [0.2, 0.25) is 0 Å². The van der Waals surface area contributed by atoms with Crippen LogP contribution in [0.2, 0.25) is 0 Å². The van der Waals surface area contributed by atoms with Crippen molar-refractivity contribution < 1.29 is 0 Å². The van der Waals surface area contributed by atoms with Gasteiger partial charge in [-0.3, -0.25) is 0 Å². The van der Waals surface area contributed by atoms with Crippen LogP contribution in [-0.2, 0) is 0 Å². The van der Waals surface area contributed by atoms with Gasteiger partial charge in [0.15, 0.2) is 17.5 Å². The molecule has 2 aromatic heterocycles. The number of para-hydroxylation sites is 2. The number of rotatable bonds is 5. The van der Waals surface area contributed by atoms with Gasteiger partial charge in [0, 0.05) is 33.2 Å². The summed E-state index contributed by atoms with van der Waals surface area (Å²) in [6, 6.07) is 52.7. The highest BCUT2D eigenvalue weighted by molar-refractivity contribution is 6.10. The van der Waals surface area contributed by atoms with Crippen LogP contribution < -0.4 is 0 Å². The summed E-state index contributed by atoms with van der Waals surface area (Å²) in [7, 11) is 0. The molecule has 0 saturated carbocycles. The molecular weight excluding hydrogens is 536 g/mol. The lowest BCUT2D eigenvalue weighted by molar-refractivity contribution is 1.07. The molecule has 0 amide bonds. The lowest BCUT2D eigenvalue weighted by Crippen LogP contribution is -2.00. The van der Waals surface area contributed by atoms with Crippen molar-refractivity contribution in [3.05, 3.63) is 157 Å². The Labute approximate surface area is 256 Å². The van der Waals surface area contributed by atoms with E-state index in [9.17, 15) is 0 Å². The van der Waals surface area contributed by atoms with E-state index in [1.165, 1.54) is 38.6 Å². The predicted octanol–water partition coefficient (Wildman–Crippen LogP) is 9.95. The molecule has 0 aliphatic heterocycles. The minimum Gasteiger partial charge on any atom is -0.309 e. The summed E-state index contributed by atoms with van der Waals surface area (Å²) in [5, 5.41) is 2.49. The normalized spacial score (nSPS) is 11.3. The van der Waals surface area contributed by atoms with Crippen molar-refractivity contribution >= 4 is 21.8 Å². The van der Waals surface area contributed by atoms with Gasteiger partial charge in [0.05, 0.1) is 11.0 Å². The van der Waals surface area contributed by atoms with Crippen LogP contribution in [0.25, 0.3) is 72.8 Å². The molecule has 8 aromatic rings. The van der Waals surface area contributed by atoms with Crippen LogP contribution in [0.15, 0.2) is 152 Å². The minimum atomic E-state index is 0.654. The van der Waals surface area contributed by atoms with E-state index < -0.39 is 0 Å². The molecule has 6 aromatic carbocycles. The Morgan fingerprint density at radius 2 is 0.864 bits per heavy atom. The number of hydrogen-bond acceptors (Lipinski definition) is 3. The second kappa shape index (κ2) is 10.8. The maximum atomic E-state index is 4.89. The Morgan fingerprint density at radius 3 is 1.50 bits per heavy atom. The van der Waals surface area contributed by atoms with Crippen molar-refractivity contribution in [2.24, 2.45) is 0 Å². The van der Waals surface area contributed by atoms with E-state index >= 15 is 0 Å². The summed E-state index contributed by atoms with van der Waals surface area (Å²) in [5.74, 6) is 1.98. The first-order chi connectivity index (χ1) is 21.7. The summed E-state index contributed by atoms with van der Waals surface area (Å²) in [6.45, 7) is 2.17. The Bertz CT molecular complexity index is 2210. The Balaban J connectivity index is 1.21.